The Morgan fingerprint density at radius 1 is 1.21 bits per heavy atom. The van der Waals surface area contributed by atoms with Crippen molar-refractivity contribution in [3.63, 3.8) is 0 Å². The van der Waals surface area contributed by atoms with E-state index >= 15 is 0 Å². The Hall–Kier alpha value is -1.26. The van der Waals surface area contributed by atoms with E-state index in [-0.39, 0.29) is 24.7 Å². The van der Waals surface area contributed by atoms with Crippen molar-refractivity contribution in [2.45, 2.75) is 64.0 Å². The molecule has 1 unspecified atom stereocenters. The van der Waals surface area contributed by atoms with E-state index in [2.05, 4.69) is 6.92 Å². The van der Waals surface area contributed by atoms with Crippen LogP contribution in [-0.4, -0.2) is 52.1 Å². The SMILES string of the molecule is CCC1CCCCCN1C(=O)N(CC(=O)O)C1CC1. The first kappa shape index (κ1) is 14.2. The Kier molecular flexibility index (Phi) is 4.66. The Bertz CT molecular complexity index is 342. The van der Waals surface area contributed by atoms with Gasteiger partial charge in [-0.1, -0.05) is 19.8 Å². The number of carboxylic acid groups (broad SMARTS) is 1. The van der Waals surface area contributed by atoms with Crippen molar-refractivity contribution >= 4 is 12.0 Å². The molecule has 1 saturated carbocycles. The molecule has 1 heterocycles. The molecule has 19 heavy (non-hydrogen) atoms. The Morgan fingerprint density at radius 3 is 2.53 bits per heavy atom. The molecule has 2 aliphatic rings. The summed E-state index contributed by atoms with van der Waals surface area (Å²) in [6.07, 6.45) is 7.28. The second kappa shape index (κ2) is 6.26. The molecule has 108 valence electrons. The van der Waals surface area contributed by atoms with Crippen LogP contribution >= 0.6 is 0 Å². The Balaban J connectivity index is 2.07. The molecule has 1 atom stereocenters. The smallest absolute Gasteiger partial charge is 0.323 e. The zero-order valence-electron chi connectivity index (χ0n) is 11.7. The number of carboxylic acids is 1. The first-order valence-electron chi connectivity index (χ1n) is 7.42. The molecule has 0 aromatic heterocycles. The topological polar surface area (TPSA) is 60.9 Å². The fourth-order valence-electron chi connectivity index (χ4n) is 2.90. The maximum Gasteiger partial charge on any atom is 0.323 e. The summed E-state index contributed by atoms with van der Waals surface area (Å²) in [6.45, 7) is 2.73. The lowest BCUT2D eigenvalue weighted by Crippen LogP contribution is -2.50. The van der Waals surface area contributed by atoms with Gasteiger partial charge in [-0.25, -0.2) is 4.79 Å². The molecule has 1 N–H and O–H groups in total. The van der Waals surface area contributed by atoms with Gasteiger partial charge < -0.3 is 14.9 Å². The fourth-order valence-corrected chi connectivity index (χ4v) is 2.90. The Labute approximate surface area is 114 Å². The number of urea groups is 1. The van der Waals surface area contributed by atoms with Crippen molar-refractivity contribution in [3.8, 4) is 0 Å². The summed E-state index contributed by atoms with van der Waals surface area (Å²) in [6, 6.07) is 0.382. The third-order valence-electron chi connectivity index (χ3n) is 4.13. The van der Waals surface area contributed by atoms with Gasteiger partial charge in [-0.05, 0) is 32.1 Å². The van der Waals surface area contributed by atoms with Gasteiger partial charge in [-0.3, -0.25) is 4.79 Å². The summed E-state index contributed by atoms with van der Waals surface area (Å²) in [5.41, 5.74) is 0. The minimum Gasteiger partial charge on any atom is -0.480 e. The van der Waals surface area contributed by atoms with E-state index in [1.54, 1.807) is 4.90 Å². The van der Waals surface area contributed by atoms with E-state index < -0.39 is 5.97 Å². The molecule has 5 heteroatoms. The molecule has 1 aliphatic heterocycles. The fraction of sp³-hybridized carbons (Fsp3) is 0.857. The number of rotatable bonds is 4. The highest BCUT2D eigenvalue weighted by Gasteiger charge is 2.37. The standard InChI is InChI=1S/C14H24N2O3/c1-2-11-6-4-3-5-9-15(11)14(19)16(10-13(17)18)12-7-8-12/h11-12H,2-10H2,1H3,(H,17,18). The van der Waals surface area contributed by atoms with Gasteiger partial charge >= 0.3 is 12.0 Å². The molecular weight excluding hydrogens is 244 g/mol. The highest BCUT2D eigenvalue weighted by atomic mass is 16.4. The third-order valence-corrected chi connectivity index (χ3v) is 4.13. The number of nitrogens with zero attached hydrogens (tertiary/aromatic N) is 2. The molecule has 5 nitrogen and oxygen atoms in total. The maximum absolute atomic E-state index is 12.6. The van der Waals surface area contributed by atoms with E-state index in [1.807, 2.05) is 4.90 Å². The van der Waals surface area contributed by atoms with E-state index in [4.69, 9.17) is 5.11 Å². The average Bonchev–Trinajstić information content (AvgIpc) is 3.20. The zero-order chi connectivity index (χ0) is 13.8. The van der Waals surface area contributed by atoms with Gasteiger partial charge in [0.05, 0.1) is 0 Å². The summed E-state index contributed by atoms with van der Waals surface area (Å²) in [5, 5.41) is 8.97. The zero-order valence-corrected chi connectivity index (χ0v) is 11.7. The van der Waals surface area contributed by atoms with Crippen molar-refractivity contribution in [3.05, 3.63) is 0 Å². The Morgan fingerprint density at radius 2 is 1.95 bits per heavy atom. The number of aliphatic carboxylic acids is 1. The molecule has 1 saturated heterocycles. The first-order chi connectivity index (χ1) is 9.13. The van der Waals surface area contributed by atoms with Crippen LogP contribution in [0, 0.1) is 0 Å². The molecule has 2 rings (SSSR count). The van der Waals surface area contributed by atoms with Gasteiger partial charge in [0.1, 0.15) is 6.54 Å². The quantitative estimate of drug-likeness (QED) is 0.851. The summed E-state index contributed by atoms with van der Waals surface area (Å²) in [5.74, 6) is -0.914. The second-order valence-corrected chi connectivity index (χ2v) is 5.64. The number of carbonyl (C=O) groups is 2. The van der Waals surface area contributed by atoms with Gasteiger partial charge in [0.15, 0.2) is 0 Å². The predicted molar refractivity (Wildman–Crippen MR) is 72.0 cm³/mol. The minimum absolute atomic E-state index is 0.0568. The van der Waals surface area contributed by atoms with Crippen LogP contribution in [0.1, 0.15) is 51.9 Å². The molecule has 0 aromatic rings. The van der Waals surface area contributed by atoms with Gasteiger partial charge in [0.2, 0.25) is 0 Å². The van der Waals surface area contributed by atoms with E-state index in [1.165, 1.54) is 12.8 Å². The lowest BCUT2D eigenvalue weighted by atomic mass is 10.1. The number of likely N-dealkylation sites (tertiary alicyclic amines) is 1. The van der Waals surface area contributed by atoms with Crippen LogP contribution in [-0.2, 0) is 4.79 Å². The lowest BCUT2D eigenvalue weighted by molar-refractivity contribution is -0.137. The molecule has 0 aromatic carbocycles. The summed E-state index contributed by atoms with van der Waals surface area (Å²) < 4.78 is 0. The van der Waals surface area contributed by atoms with E-state index in [0.717, 1.165) is 38.6 Å². The lowest BCUT2D eigenvalue weighted by Gasteiger charge is -2.34. The third kappa shape index (κ3) is 3.61. The highest BCUT2D eigenvalue weighted by Crippen LogP contribution is 2.29. The molecule has 0 spiro atoms. The van der Waals surface area contributed by atoms with Crippen LogP contribution in [0.3, 0.4) is 0 Å². The summed E-state index contributed by atoms with van der Waals surface area (Å²) in [7, 11) is 0. The molecule has 2 fully saturated rings. The summed E-state index contributed by atoms with van der Waals surface area (Å²) >= 11 is 0. The first-order valence-corrected chi connectivity index (χ1v) is 7.42. The minimum atomic E-state index is -0.914. The van der Waals surface area contributed by atoms with Crippen molar-refractivity contribution < 1.29 is 14.7 Å². The van der Waals surface area contributed by atoms with Crippen LogP contribution in [0.25, 0.3) is 0 Å². The van der Waals surface area contributed by atoms with Crippen LogP contribution in [0.2, 0.25) is 0 Å². The van der Waals surface area contributed by atoms with Crippen molar-refractivity contribution in [1.82, 2.24) is 9.80 Å². The molecule has 1 aliphatic carbocycles. The van der Waals surface area contributed by atoms with Crippen LogP contribution in [0.15, 0.2) is 0 Å². The maximum atomic E-state index is 12.6. The van der Waals surface area contributed by atoms with Crippen LogP contribution in [0.5, 0.6) is 0 Å². The molecule has 0 bridgehead atoms. The highest BCUT2D eigenvalue weighted by molar-refractivity contribution is 5.81. The van der Waals surface area contributed by atoms with E-state index in [9.17, 15) is 9.59 Å². The number of carbonyl (C=O) groups excluding carboxylic acids is 1. The largest absolute Gasteiger partial charge is 0.480 e. The normalized spacial score (nSPS) is 23.8. The average molecular weight is 268 g/mol. The van der Waals surface area contributed by atoms with Gasteiger partial charge in [0.25, 0.3) is 0 Å². The van der Waals surface area contributed by atoms with Crippen LogP contribution in [0.4, 0.5) is 4.79 Å². The number of amides is 2. The summed E-state index contributed by atoms with van der Waals surface area (Å²) in [4.78, 5) is 27.1. The second-order valence-electron chi connectivity index (χ2n) is 5.64. The van der Waals surface area contributed by atoms with Crippen molar-refractivity contribution in [2.24, 2.45) is 0 Å². The van der Waals surface area contributed by atoms with Crippen LogP contribution < -0.4 is 0 Å². The molecule has 2 amide bonds. The number of hydrogen-bond donors (Lipinski definition) is 1. The predicted octanol–water partition coefficient (Wildman–Crippen LogP) is 2.31. The van der Waals surface area contributed by atoms with Crippen molar-refractivity contribution in [2.75, 3.05) is 13.1 Å². The monoisotopic (exact) mass is 268 g/mol. The van der Waals surface area contributed by atoms with Gasteiger partial charge in [0, 0.05) is 18.6 Å². The van der Waals surface area contributed by atoms with Gasteiger partial charge in [-0.15, -0.1) is 0 Å². The molecule has 0 radical (unpaired) electrons. The van der Waals surface area contributed by atoms with Gasteiger partial charge in [-0.2, -0.15) is 0 Å². The van der Waals surface area contributed by atoms with E-state index in [0.29, 0.717) is 0 Å². The molecular formula is C14H24N2O3. The number of hydrogen-bond acceptors (Lipinski definition) is 2. The van der Waals surface area contributed by atoms with Crippen molar-refractivity contribution in [1.29, 1.82) is 0 Å².